The highest BCUT2D eigenvalue weighted by atomic mass is 16.7. The molecule has 1 heterocycles. The molecule has 0 saturated carbocycles. The summed E-state index contributed by atoms with van der Waals surface area (Å²) in [6, 6.07) is 0. The lowest BCUT2D eigenvalue weighted by molar-refractivity contribution is -0.0920. The van der Waals surface area contributed by atoms with E-state index in [1.165, 1.54) is 7.05 Å². The van der Waals surface area contributed by atoms with Crippen molar-refractivity contribution in [3.63, 3.8) is 0 Å². The fourth-order valence-corrected chi connectivity index (χ4v) is 1.96. The standard InChI is InChI=1S/C12H15NO4/c1-12(2)7-8-5-4-6-16-9(8)10(12)17-13(3)11(14)15/h4-6H,7H2,1-3H3,(H,14,15). The maximum atomic E-state index is 10.8. The second kappa shape index (κ2) is 3.84. The van der Waals surface area contributed by atoms with Crippen molar-refractivity contribution < 1.29 is 19.5 Å². The van der Waals surface area contributed by atoms with Crippen LogP contribution in [0.5, 0.6) is 0 Å². The lowest BCUT2D eigenvalue weighted by atomic mass is 9.90. The maximum absolute atomic E-state index is 10.8. The van der Waals surface area contributed by atoms with Gasteiger partial charge in [0.1, 0.15) is 0 Å². The van der Waals surface area contributed by atoms with E-state index >= 15 is 0 Å². The number of hydroxylamine groups is 2. The molecule has 0 fully saturated rings. The number of amides is 1. The molecule has 0 bridgehead atoms. The monoisotopic (exact) mass is 237 g/mol. The number of fused-ring (bicyclic) bond motifs is 1. The first-order valence-electron chi connectivity index (χ1n) is 5.34. The maximum Gasteiger partial charge on any atom is 0.440 e. The molecule has 2 aliphatic rings. The summed E-state index contributed by atoms with van der Waals surface area (Å²) >= 11 is 0. The van der Waals surface area contributed by atoms with E-state index in [0.29, 0.717) is 11.5 Å². The Balaban J connectivity index is 2.32. The van der Waals surface area contributed by atoms with Crippen molar-refractivity contribution in [2.45, 2.75) is 20.3 Å². The molecule has 0 aromatic rings. The number of carboxylic acid groups (broad SMARTS) is 1. The molecule has 5 nitrogen and oxygen atoms in total. The van der Waals surface area contributed by atoms with E-state index in [0.717, 1.165) is 17.1 Å². The third-order valence-corrected chi connectivity index (χ3v) is 2.80. The van der Waals surface area contributed by atoms with Gasteiger partial charge in [0.05, 0.1) is 13.3 Å². The van der Waals surface area contributed by atoms with Crippen molar-refractivity contribution in [1.82, 2.24) is 5.06 Å². The molecule has 1 amide bonds. The highest BCUT2D eigenvalue weighted by Gasteiger charge is 2.41. The van der Waals surface area contributed by atoms with E-state index in [9.17, 15) is 4.79 Å². The van der Waals surface area contributed by atoms with Crippen LogP contribution in [0, 0.1) is 5.41 Å². The zero-order valence-corrected chi connectivity index (χ0v) is 10.1. The average Bonchev–Trinajstić information content (AvgIpc) is 2.50. The average molecular weight is 237 g/mol. The number of carbonyl (C=O) groups is 1. The summed E-state index contributed by atoms with van der Waals surface area (Å²) in [6.45, 7) is 3.99. The Morgan fingerprint density at radius 2 is 2.29 bits per heavy atom. The molecule has 0 aromatic carbocycles. The Morgan fingerprint density at radius 3 is 2.94 bits per heavy atom. The van der Waals surface area contributed by atoms with Crippen LogP contribution in [0.2, 0.25) is 0 Å². The van der Waals surface area contributed by atoms with E-state index in [4.69, 9.17) is 14.7 Å². The van der Waals surface area contributed by atoms with Gasteiger partial charge in [-0.05, 0) is 18.1 Å². The molecule has 0 atom stereocenters. The van der Waals surface area contributed by atoms with Crippen molar-refractivity contribution in [3.8, 4) is 0 Å². The van der Waals surface area contributed by atoms with Crippen LogP contribution in [0.15, 0.2) is 35.5 Å². The van der Waals surface area contributed by atoms with Crippen LogP contribution in [-0.4, -0.2) is 23.3 Å². The van der Waals surface area contributed by atoms with Gasteiger partial charge in [-0.15, -0.1) is 5.06 Å². The van der Waals surface area contributed by atoms with Gasteiger partial charge in [-0.2, -0.15) is 0 Å². The molecule has 17 heavy (non-hydrogen) atoms. The largest absolute Gasteiger partial charge is 0.463 e. The number of rotatable bonds is 2. The van der Waals surface area contributed by atoms with Crippen LogP contribution in [0.4, 0.5) is 4.79 Å². The number of nitrogens with zero attached hydrogens (tertiary/aromatic N) is 1. The Hall–Kier alpha value is -1.91. The second-order valence-electron chi connectivity index (χ2n) is 4.73. The van der Waals surface area contributed by atoms with Crippen molar-refractivity contribution in [3.05, 3.63) is 35.5 Å². The molecule has 5 heteroatoms. The van der Waals surface area contributed by atoms with E-state index in [1.54, 1.807) is 6.26 Å². The minimum atomic E-state index is -1.14. The van der Waals surface area contributed by atoms with Gasteiger partial charge in [0.15, 0.2) is 11.5 Å². The first-order chi connectivity index (χ1) is 7.92. The van der Waals surface area contributed by atoms with Crippen molar-refractivity contribution >= 4 is 6.09 Å². The van der Waals surface area contributed by atoms with Gasteiger partial charge in [-0.1, -0.05) is 19.9 Å². The number of ether oxygens (including phenoxy) is 1. The van der Waals surface area contributed by atoms with Gasteiger partial charge in [-0.3, -0.25) is 0 Å². The van der Waals surface area contributed by atoms with Crippen LogP contribution < -0.4 is 0 Å². The topological polar surface area (TPSA) is 59.0 Å². The summed E-state index contributed by atoms with van der Waals surface area (Å²) in [5, 5.41) is 9.60. The van der Waals surface area contributed by atoms with Crippen LogP contribution in [0.25, 0.3) is 0 Å². The minimum Gasteiger partial charge on any atom is -0.463 e. The predicted octanol–water partition coefficient (Wildman–Crippen LogP) is 2.64. The summed E-state index contributed by atoms with van der Waals surface area (Å²) in [5.74, 6) is 1.18. The second-order valence-corrected chi connectivity index (χ2v) is 4.73. The number of hydrogen-bond donors (Lipinski definition) is 1. The van der Waals surface area contributed by atoms with Crippen LogP contribution in [-0.2, 0) is 9.57 Å². The fourth-order valence-electron chi connectivity index (χ4n) is 1.96. The molecule has 0 radical (unpaired) electrons. The summed E-state index contributed by atoms with van der Waals surface area (Å²) in [5.41, 5.74) is 0.767. The van der Waals surface area contributed by atoms with Gasteiger partial charge >= 0.3 is 6.09 Å². The van der Waals surface area contributed by atoms with Crippen molar-refractivity contribution in [2.75, 3.05) is 7.05 Å². The number of hydrogen-bond acceptors (Lipinski definition) is 3. The van der Waals surface area contributed by atoms with Crippen molar-refractivity contribution in [1.29, 1.82) is 0 Å². The van der Waals surface area contributed by atoms with Gasteiger partial charge in [0.2, 0.25) is 0 Å². The molecule has 0 aromatic heterocycles. The number of allylic oxidation sites excluding steroid dienone is 4. The lowest BCUT2D eigenvalue weighted by Gasteiger charge is -2.24. The molecule has 92 valence electrons. The molecule has 2 rings (SSSR count). The third kappa shape index (κ3) is 2.00. The Bertz CT molecular complexity index is 445. The molecule has 0 saturated heterocycles. The lowest BCUT2D eigenvalue weighted by Crippen LogP contribution is -2.28. The molecule has 1 aliphatic carbocycles. The molecular formula is C12H15NO4. The zero-order valence-electron chi connectivity index (χ0n) is 10.1. The molecule has 1 N–H and O–H groups in total. The minimum absolute atomic E-state index is 0.267. The molecule has 0 unspecified atom stereocenters. The summed E-state index contributed by atoms with van der Waals surface area (Å²) in [6.07, 6.45) is 4.97. The van der Waals surface area contributed by atoms with Crippen LogP contribution >= 0.6 is 0 Å². The highest BCUT2D eigenvalue weighted by Crippen LogP contribution is 2.47. The highest BCUT2D eigenvalue weighted by molar-refractivity contribution is 5.63. The van der Waals surface area contributed by atoms with Gasteiger partial charge in [-0.25, -0.2) is 4.79 Å². The molecule has 1 aliphatic heterocycles. The Morgan fingerprint density at radius 1 is 1.59 bits per heavy atom. The first-order valence-corrected chi connectivity index (χ1v) is 5.34. The van der Waals surface area contributed by atoms with E-state index in [1.807, 2.05) is 26.0 Å². The molecule has 0 spiro atoms. The summed E-state index contributed by atoms with van der Waals surface area (Å²) < 4.78 is 5.42. The quantitative estimate of drug-likeness (QED) is 0.750. The van der Waals surface area contributed by atoms with Gasteiger partial charge in [0, 0.05) is 5.41 Å². The third-order valence-electron chi connectivity index (χ3n) is 2.80. The van der Waals surface area contributed by atoms with Crippen molar-refractivity contribution in [2.24, 2.45) is 5.41 Å². The molecular weight excluding hydrogens is 222 g/mol. The van der Waals surface area contributed by atoms with E-state index in [2.05, 4.69) is 0 Å². The Labute approximate surface area is 99.6 Å². The zero-order chi connectivity index (χ0) is 12.6. The predicted molar refractivity (Wildman–Crippen MR) is 60.6 cm³/mol. The van der Waals surface area contributed by atoms with E-state index in [-0.39, 0.29) is 5.41 Å². The fraction of sp³-hybridized carbons (Fsp3) is 0.417. The first kappa shape index (κ1) is 11.6. The SMILES string of the molecule is CN(OC1=C2OC=CC=C2CC1(C)C)C(=O)O. The Kier molecular flexibility index (Phi) is 2.61. The summed E-state index contributed by atoms with van der Waals surface area (Å²) in [7, 11) is 1.35. The van der Waals surface area contributed by atoms with Crippen LogP contribution in [0.1, 0.15) is 20.3 Å². The summed E-state index contributed by atoms with van der Waals surface area (Å²) in [4.78, 5) is 16.1. The van der Waals surface area contributed by atoms with E-state index < -0.39 is 6.09 Å². The van der Waals surface area contributed by atoms with Crippen LogP contribution in [0.3, 0.4) is 0 Å². The normalized spacial score (nSPS) is 20.5. The smallest absolute Gasteiger partial charge is 0.440 e. The van der Waals surface area contributed by atoms with Gasteiger partial charge < -0.3 is 14.7 Å². The van der Waals surface area contributed by atoms with Gasteiger partial charge in [0.25, 0.3) is 0 Å².